The summed E-state index contributed by atoms with van der Waals surface area (Å²) in [5, 5.41) is 9.49. The minimum absolute atomic E-state index is 0.0379. The van der Waals surface area contributed by atoms with Crippen LogP contribution in [0.4, 0.5) is 0 Å². The Bertz CT molecular complexity index is 574. The highest BCUT2D eigenvalue weighted by molar-refractivity contribution is 5.84. The number of nitrogens with zero attached hydrogens (tertiary/aromatic N) is 2. The van der Waals surface area contributed by atoms with Crippen molar-refractivity contribution in [2.45, 2.75) is 37.9 Å². The van der Waals surface area contributed by atoms with Gasteiger partial charge >= 0.3 is 0 Å². The molecule has 2 saturated heterocycles. The molecule has 3 rings (SSSR count). The summed E-state index contributed by atoms with van der Waals surface area (Å²) in [6, 6.07) is 7.98. The van der Waals surface area contributed by atoms with Crippen LogP contribution >= 0.6 is 0 Å². The summed E-state index contributed by atoms with van der Waals surface area (Å²) in [7, 11) is 1.66. The molecule has 1 aromatic rings. The number of aliphatic hydroxyl groups excluding tert-OH is 1. The lowest BCUT2D eigenvalue weighted by Gasteiger charge is -2.33. The lowest BCUT2D eigenvalue weighted by atomic mass is 10.1. The zero-order valence-electron chi connectivity index (χ0n) is 14.9. The van der Waals surface area contributed by atoms with Crippen molar-refractivity contribution in [3.05, 3.63) is 29.8 Å². The second-order valence-electron chi connectivity index (χ2n) is 6.69. The van der Waals surface area contributed by atoms with E-state index in [0.717, 1.165) is 50.3 Å². The molecule has 6 nitrogen and oxygen atoms in total. The zero-order chi connectivity index (χ0) is 17.6. The van der Waals surface area contributed by atoms with Gasteiger partial charge in [-0.2, -0.15) is 0 Å². The largest absolute Gasteiger partial charge is 0.496 e. The normalized spacial score (nSPS) is 22.0. The van der Waals surface area contributed by atoms with E-state index in [1.807, 2.05) is 29.2 Å². The summed E-state index contributed by atoms with van der Waals surface area (Å²) in [5.41, 5.74) is 1.04. The third-order valence-corrected chi connectivity index (χ3v) is 5.24. The molecule has 6 heteroatoms. The fourth-order valence-electron chi connectivity index (χ4n) is 3.91. The van der Waals surface area contributed by atoms with Crippen molar-refractivity contribution in [2.75, 3.05) is 40.0 Å². The Balaban J connectivity index is 1.71. The second-order valence-corrected chi connectivity index (χ2v) is 6.69. The summed E-state index contributed by atoms with van der Waals surface area (Å²) < 4.78 is 10.8. The number of rotatable bonds is 7. The molecule has 1 N–H and O–H groups in total. The van der Waals surface area contributed by atoms with Crippen LogP contribution in [0.1, 0.15) is 24.8 Å². The first-order valence-corrected chi connectivity index (χ1v) is 9.09. The molecular weight excluding hydrogens is 320 g/mol. The molecule has 1 amide bonds. The Hall–Kier alpha value is -1.63. The number of methoxy groups -OCH3 is 1. The Labute approximate surface area is 149 Å². The minimum Gasteiger partial charge on any atom is -0.496 e. The lowest BCUT2D eigenvalue weighted by Crippen LogP contribution is -2.46. The summed E-state index contributed by atoms with van der Waals surface area (Å²) in [5.74, 6) is 1.01. The van der Waals surface area contributed by atoms with Crippen molar-refractivity contribution in [1.82, 2.24) is 9.80 Å². The van der Waals surface area contributed by atoms with Crippen molar-refractivity contribution in [3.8, 4) is 5.75 Å². The number of likely N-dealkylation sites (tertiary alicyclic amines) is 1. The van der Waals surface area contributed by atoms with Gasteiger partial charge in [0.25, 0.3) is 0 Å². The first-order valence-electron chi connectivity index (χ1n) is 9.09. The van der Waals surface area contributed by atoms with E-state index in [0.29, 0.717) is 19.1 Å². The van der Waals surface area contributed by atoms with E-state index in [9.17, 15) is 9.90 Å². The monoisotopic (exact) mass is 348 g/mol. The Morgan fingerprint density at radius 1 is 1.28 bits per heavy atom. The van der Waals surface area contributed by atoms with Crippen LogP contribution in [-0.4, -0.2) is 72.9 Å². The molecule has 2 aliphatic heterocycles. The van der Waals surface area contributed by atoms with Crippen molar-refractivity contribution < 1.29 is 19.4 Å². The second kappa shape index (κ2) is 8.65. The van der Waals surface area contributed by atoms with Crippen LogP contribution in [0.15, 0.2) is 24.3 Å². The van der Waals surface area contributed by atoms with Crippen LogP contribution in [0.2, 0.25) is 0 Å². The van der Waals surface area contributed by atoms with Gasteiger partial charge in [-0.05, 0) is 25.3 Å². The first-order chi connectivity index (χ1) is 12.2. The Morgan fingerprint density at radius 2 is 2.04 bits per heavy atom. The fourth-order valence-corrected chi connectivity index (χ4v) is 3.91. The molecule has 25 heavy (non-hydrogen) atoms. The molecule has 1 atom stereocenters. The number of para-hydroxylation sites is 1. The molecule has 1 aromatic carbocycles. The van der Waals surface area contributed by atoms with Crippen molar-refractivity contribution >= 4 is 5.91 Å². The molecule has 2 heterocycles. The lowest BCUT2D eigenvalue weighted by molar-refractivity contribution is -0.136. The number of hydrogen-bond acceptors (Lipinski definition) is 5. The van der Waals surface area contributed by atoms with Gasteiger partial charge in [-0.1, -0.05) is 18.2 Å². The topological polar surface area (TPSA) is 62.2 Å². The number of amides is 1. The summed E-state index contributed by atoms with van der Waals surface area (Å²) in [4.78, 5) is 17.1. The number of carbonyl (C=O) groups is 1. The maximum Gasteiger partial charge on any atom is 0.240 e. The minimum atomic E-state index is -0.167. The van der Waals surface area contributed by atoms with Gasteiger partial charge in [-0.15, -0.1) is 0 Å². The van der Waals surface area contributed by atoms with E-state index in [-0.39, 0.29) is 18.6 Å². The van der Waals surface area contributed by atoms with Gasteiger partial charge in [0.2, 0.25) is 5.91 Å². The molecule has 2 aliphatic rings. The SMILES string of the molecule is COc1ccccc1CN(CCO)C1CCN(C2CCOCC2)C1=O. The molecule has 0 aromatic heterocycles. The van der Waals surface area contributed by atoms with Gasteiger partial charge in [0.15, 0.2) is 0 Å². The average Bonchev–Trinajstić information content (AvgIpc) is 3.04. The number of hydrogen-bond donors (Lipinski definition) is 1. The predicted octanol–water partition coefficient (Wildman–Crippen LogP) is 1.27. The average molecular weight is 348 g/mol. The fraction of sp³-hybridized carbons (Fsp3) is 0.632. The van der Waals surface area contributed by atoms with E-state index in [1.54, 1.807) is 7.11 Å². The van der Waals surface area contributed by atoms with E-state index in [2.05, 4.69) is 4.90 Å². The van der Waals surface area contributed by atoms with E-state index >= 15 is 0 Å². The van der Waals surface area contributed by atoms with Gasteiger partial charge in [0.1, 0.15) is 5.75 Å². The molecule has 0 radical (unpaired) electrons. The Kier molecular flexibility index (Phi) is 6.29. The molecule has 138 valence electrons. The predicted molar refractivity (Wildman–Crippen MR) is 94.4 cm³/mol. The summed E-state index contributed by atoms with van der Waals surface area (Å²) in [6.45, 7) is 3.39. The number of benzene rings is 1. The van der Waals surface area contributed by atoms with Crippen molar-refractivity contribution in [2.24, 2.45) is 0 Å². The molecule has 0 spiro atoms. The van der Waals surface area contributed by atoms with Gasteiger partial charge in [0.05, 0.1) is 19.8 Å². The number of carbonyl (C=O) groups excluding carboxylic acids is 1. The summed E-state index contributed by atoms with van der Waals surface area (Å²) >= 11 is 0. The molecule has 0 bridgehead atoms. The smallest absolute Gasteiger partial charge is 0.240 e. The maximum atomic E-state index is 13.0. The third-order valence-electron chi connectivity index (χ3n) is 5.24. The van der Waals surface area contributed by atoms with Crippen molar-refractivity contribution in [1.29, 1.82) is 0 Å². The van der Waals surface area contributed by atoms with Crippen LogP contribution in [0, 0.1) is 0 Å². The molecule has 0 saturated carbocycles. The molecule has 0 aliphatic carbocycles. The van der Waals surface area contributed by atoms with E-state index in [1.165, 1.54) is 0 Å². The Morgan fingerprint density at radius 3 is 2.76 bits per heavy atom. The highest BCUT2D eigenvalue weighted by Crippen LogP contribution is 2.27. The highest BCUT2D eigenvalue weighted by atomic mass is 16.5. The standard InChI is InChI=1S/C19H28N2O4/c1-24-18-5-3-2-4-15(18)14-20(10-11-22)17-6-9-21(19(17)23)16-7-12-25-13-8-16/h2-5,16-17,22H,6-14H2,1H3. The van der Waals surface area contributed by atoms with E-state index in [4.69, 9.17) is 9.47 Å². The van der Waals surface area contributed by atoms with Gasteiger partial charge < -0.3 is 19.5 Å². The molecular formula is C19H28N2O4. The zero-order valence-corrected chi connectivity index (χ0v) is 14.9. The highest BCUT2D eigenvalue weighted by Gasteiger charge is 2.39. The molecule has 1 unspecified atom stereocenters. The summed E-state index contributed by atoms with van der Waals surface area (Å²) in [6.07, 6.45) is 2.65. The van der Waals surface area contributed by atoms with Crippen LogP contribution < -0.4 is 4.74 Å². The number of ether oxygens (including phenoxy) is 2. The number of aliphatic hydroxyl groups is 1. The van der Waals surface area contributed by atoms with Crippen LogP contribution in [0.5, 0.6) is 5.75 Å². The van der Waals surface area contributed by atoms with Crippen LogP contribution in [-0.2, 0) is 16.1 Å². The maximum absolute atomic E-state index is 13.0. The van der Waals surface area contributed by atoms with Crippen molar-refractivity contribution in [3.63, 3.8) is 0 Å². The van der Waals surface area contributed by atoms with Crippen LogP contribution in [0.3, 0.4) is 0 Å². The van der Waals surface area contributed by atoms with Crippen LogP contribution in [0.25, 0.3) is 0 Å². The van der Waals surface area contributed by atoms with Gasteiger partial charge in [0, 0.05) is 44.5 Å². The van der Waals surface area contributed by atoms with Gasteiger partial charge in [-0.3, -0.25) is 9.69 Å². The first kappa shape index (κ1) is 18.2. The van der Waals surface area contributed by atoms with Gasteiger partial charge in [-0.25, -0.2) is 0 Å². The quantitative estimate of drug-likeness (QED) is 0.804. The third kappa shape index (κ3) is 4.14. The molecule has 2 fully saturated rings. The van der Waals surface area contributed by atoms with E-state index < -0.39 is 0 Å².